The molecule has 2 N–H and O–H groups in total. The molecule has 0 saturated carbocycles. The van der Waals surface area contributed by atoms with Gasteiger partial charge in [0.05, 0.1) is 15.5 Å². The average Bonchev–Trinajstić information content (AvgIpc) is 3.02. The topological polar surface area (TPSA) is 71.1 Å². The van der Waals surface area contributed by atoms with Crippen LogP contribution in [0.2, 0.25) is 5.02 Å². The molecule has 0 unspecified atom stereocenters. The third-order valence-corrected chi connectivity index (χ3v) is 5.82. The molecule has 5 nitrogen and oxygen atoms in total. The van der Waals surface area contributed by atoms with Gasteiger partial charge < -0.3 is 10.6 Å². The number of carbonyl (C=O) groups excluding carboxylic acids is 2. The molecule has 3 rings (SSSR count). The fourth-order valence-electron chi connectivity index (χ4n) is 2.77. The minimum Gasteiger partial charge on any atom is -0.352 e. The molecule has 2 amide bonds. The van der Waals surface area contributed by atoms with Crippen molar-refractivity contribution in [2.75, 3.05) is 11.9 Å². The van der Waals surface area contributed by atoms with Crippen molar-refractivity contribution in [1.29, 1.82) is 0 Å². The number of aryl methyl sites for hydroxylation is 1. The lowest BCUT2D eigenvalue weighted by Crippen LogP contribution is -2.24. The van der Waals surface area contributed by atoms with Gasteiger partial charge >= 0.3 is 6.18 Å². The van der Waals surface area contributed by atoms with Crippen molar-refractivity contribution in [2.24, 2.45) is 0 Å². The quantitative estimate of drug-likeness (QED) is 0.520. The zero-order valence-corrected chi connectivity index (χ0v) is 17.6. The number of aromatic nitrogens is 1. The van der Waals surface area contributed by atoms with Crippen LogP contribution in [0.15, 0.2) is 30.3 Å². The number of nitrogens with zero attached hydrogens (tertiary/aromatic N) is 1. The van der Waals surface area contributed by atoms with E-state index < -0.39 is 17.8 Å². The van der Waals surface area contributed by atoms with Crippen molar-refractivity contribution >= 4 is 50.7 Å². The molecule has 0 radical (unpaired) electrons. The number of fused-ring (bicyclic) bond motifs is 1. The smallest absolute Gasteiger partial charge is 0.352 e. The maximum atomic E-state index is 12.9. The van der Waals surface area contributed by atoms with Gasteiger partial charge in [0.15, 0.2) is 0 Å². The highest BCUT2D eigenvalue weighted by Crippen LogP contribution is 2.34. The van der Waals surface area contributed by atoms with Crippen LogP contribution in [-0.2, 0) is 6.18 Å². The fraction of sp³-hybridized carbons (Fsp3) is 0.250. The highest BCUT2D eigenvalue weighted by Gasteiger charge is 2.33. The number of amides is 2. The van der Waals surface area contributed by atoms with Crippen LogP contribution >= 0.6 is 22.9 Å². The van der Waals surface area contributed by atoms with Crippen molar-refractivity contribution in [1.82, 2.24) is 10.3 Å². The number of halogens is 4. The molecular weight excluding hydrogens is 439 g/mol. The summed E-state index contributed by atoms with van der Waals surface area (Å²) in [7, 11) is 0. The average molecular weight is 456 g/mol. The molecule has 2 aromatic heterocycles. The highest BCUT2D eigenvalue weighted by atomic mass is 35.5. The third-order valence-electron chi connectivity index (χ3n) is 4.31. The standard InChI is InChI=1S/C20H17ClF3N3O2S/c1-3-8-25-17(28)13-5-4-11(9-14(13)21)26-18(29)16-10(2)12-6-7-15(20(22,23)24)27-19(12)30-16/h4-7,9H,3,8H2,1-2H3,(H,25,28)(H,26,29). The lowest BCUT2D eigenvalue weighted by Gasteiger charge is -2.09. The number of hydrogen-bond donors (Lipinski definition) is 2. The summed E-state index contributed by atoms with van der Waals surface area (Å²) >= 11 is 7.04. The van der Waals surface area contributed by atoms with E-state index in [9.17, 15) is 22.8 Å². The molecule has 2 heterocycles. The van der Waals surface area contributed by atoms with Gasteiger partial charge in [-0.1, -0.05) is 18.5 Å². The van der Waals surface area contributed by atoms with Crippen LogP contribution in [0.25, 0.3) is 10.2 Å². The van der Waals surface area contributed by atoms with E-state index in [2.05, 4.69) is 15.6 Å². The zero-order chi connectivity index (χ0) is 22.1. The van der Waals surface area contributed by atoms with Crippen molar-refractivity contribution < 1.29 is 22.8 Å². The molecule has 158 valence electrons. The molecule has 0 fully saturated rings. The molecule has 0 saturated heterocycles. The van der Waals surface area contributed by atoms with Gasteiger partial charge in [0.25, 0.3) is 11.8 Å². The number of thiophene rings is 1. The monoisotopic (exact) mass is 455 g/mol. The van der Waals surface area contributed by atoms with Crippen LogP contribution in [-0.4, -0.2) is 23.3 Å². The lowest BCUT2D eigenvalue weighted by molar-refractivity contribution is -0.140. The summed E-state index contributed by atoms with van der Waals surface area (Å²) in [5.74, 6) is -0.810. The van der Waals surface area contributed by atoms with E-state index in [-0.39, 0.29) is 26.2 Å². The first kappa shape index (κ1) is 22.0. The van der Waals surface area contributed by atoms with Gasteiger partial charge in [0.1, 0.15) is 10.5 Å². The van der Waals surface area contributed by atoms with Crippen LogP contribution in [0.3, 0.4) is 0 Å². The van der Waals surface area contributed by atoms with E-state index in [1.807, 2.05) is 6.92 Å². The Morgan fingerprint density at radius 2 is 1.90 bits per heavy atom. The number of rotatable bonds is 5. The van der Waals surface area contributed by atoms with Gasteiger partial charge in [-0.05, 0) is 49.2 Å². The van der Waals surface area contributed by atoms with Crippen molar-refractivity contribution in [3.05, 3.63) is 57.1 Å². The van der Waals surface area contributed by atoms with Crippen LogP contribution in [0.5, 0.6) is 0 Å². The molecule has 30 heavy (non-hydrogen) atoms. The maximum Gasteiger partial charge on any atom is 0.433 e. The van der Waals surface area contributed by atoms with E-state index in [1.54, 1.807) is 6.92 Å². The Bertz CT molecular complexity index is 1130. The lowest BCUT2D eigenvalue weighted by atomic mass is 10.1. The number of hydrogen-bond acceptors (Lipinski definition) is 4. The predicted octanol–water partition coefficient (Wildman–Crippen LogP) is 5.67. The number of alkyl halides is 3. The number of pyridine rings is 1. The number of carbonyl (C=O) groups is 2. The Kier molecular flexibility index (Phi) is 6.33. The van der Waals surface area contributed by atoms with E-state index >= 15 is 0 Å². The SMILES string of the molecule is CCCNC(=O)c1ccc(NC(=O)c2sc3nc(C(F)(F)F)ccc3c2C)cc1Cl. The van der Waals surface area contributed by atoms with E-state index in [4.69, 9.17) is 11.6 Å². The molecular formula is C20H17ClF3N3O2S. The van der Waals surface area contributed by atoms with Gasteiger partial charge in [-0.3, -0.25) is 9.59 Å². The molecule has 10 heteroatoms. The van der Waals surface area contributed by atoms with Crippen LogP contribution in [0.4, 0.5) is 18.9 Å². The Balaban J connectivity index is 1.84. The van der Waals surface area contributed by atoms with Gasteiger partial charge in [-0.2, -0.15) is 13.2 Å². The van der Waals surface area contributed by atoms with E-state index in [0.29, 0.717) is 23.2 Å². The molecule has 0 spiro atoms. The van der Waals surface area contributed by atoms with Gasteiger partial charge in [-0.25, -0.2) is 4.98 Å². The Labute approximate surface area is 179 Å². The van der Waals surface area contributed by atoms with Gasteiger partial charge in [0.2, 0.25) is 0 Å². The fourth-order valence-corrected chi connectivity index (χ4v) is 4.11. The third kappa shape index (κ3) is 4.57. The van der Waals surface area contributed by atoms with Crippen LogP contribution in [0.1, 0.15) is 44.6 Å². The summed E-state index contributed by atoms with van der Waals surface area (Å²) in [4.78, 5) is 28.8. The minimum atomic E-state index is -4.56. The molecule has 0 atom stereocenters. The summed E-state index contributed by atoms with van der Waals surface area (Å²) in [6.07, 6.45) is -3.78. The number of anilines is 1. The molecule has 0 aliphatic carbocycles. The second kappa shape index (κ2) is 8.61. The Morgan fingerprint density at radius 1 is 1.17 bits per heavy atom. The summed E-state index contributed by atoms with van der Waals surface area (Å²) in [6, 6.07) is 6.69. The molecule has 0 aliphatic rings. The van der Waals surface area contributed by atoms with Gasteiger partial charge in [0, 0.05) is 17.6 Å². The van der Waals surface area contributed by atoms with Crippen LogP contribution < -0.4 is 10.6 Å². The normalized spacial score (nSPS) is 11.5. The highest BCUT2D eigenvalue weighted by molar-refractivity contribution is 7.20. The number of nitrogens with one attached hydrogen (secondary N) is 2. The van der Waals surface area contributed by atoms with Crippen molar-refractivity contribution in [2.45, 2.75) is 26.4 Å². The first-order valence-electron chi connectivity index (χ1n) is 8.98. The van der Waals surface area contributed by atoms with Gasteiger partial charge in [-0.15, -0.1) is 11.3 Å². The summed E-state index contributed by atoms with van der Waals surface area (Å²) < 4.78 is 38.7. The minimum absolute atomic E-state index is 0.133. The summed E-state index contributed by atoms with van der Waals surface area (Å²) in [5.41, 5.74) is 0.171. The summed E-state index contributed by atoms with van der Waals surface area (Å²) in [5, 5.41) is 6.03. The number of benzene rings is 1. The van der Waals surface area contributed by atoms with Crippen LogP contribution in [0, 0.1) is 6.92 Å². The molecule has 0 aliphatic heterocycles. The van der Waals surface area contributed by atoms with Crippen molar-refractivity contribution in [3.8, 4) is 0 Å². The van der Waals surface area contributed by atoms with Crippen molar-refractivity contribution in [3.63, 3.8) is 0 Å². The predicted molar refractivity (Wildman–Crippen MR) is 111 cm³/mol. The first-order chi connectivity index (χ1) is 14.1. The largest absolute Gasteiger partial charge is 0.433 e. The van der Waals surface area contributed by atoms with E-state index in [1.165, 1.54) is 24.3 Å². The molecule has 1 aromatic carbocycles. The maximum absolute atomic E-state index is 12.9. The summed E-state index contributed by atoms with van der Waals surface area (Å²) in [6.45, 7) is 4.09. The molecule has 3 aromatic rings. The van der Waals surface area contributed by atoms with E-state index in [0.717, 1.165) is 23.8 Å². The second-order valence-electron chi connectivity index (χ2n) is 6.51. The first-order valence-corrected chi connectivity index (χ1v) is 10.2. The Hall–Kier alpha value is -2.65. The zero-order valence-electron chi connectivity index (χ0n) is 16.0. The Morgan fingerprint density at radius 3 is 2.53 bits per heavy atom. The molecule has 0 bridgehead atoms. The second-order valence-corrected chi connectivity index (χ2v) is 7.91.